The Morgan fingerprint density at radius 2 is 1.87 bits per heavy atom. The SMILES string of the molecule is COCCCn1c(-c2ccc(F)cc2)nc2ccc(OCCCCCC(=O)O)cc21. The molecule has 1 aromatic heterocycles. The van der Waals surface area contributed by atoms with E-state index in [1.807, 2.05) is 18.2 Å². The monoisotopic (exact) mass is 414 g/mol. The number of aromatic nitrogens is 2. The highest BCUT2D eigenvalue weighted by Crippen LogP contribution is 2.28. The van der Waals surface area contributed by atoms with Gasteiger partial charge >= 0.3 is 5.97 Å². The number of unbranched alkanes of at least 4 members (excludes halogenated alkanes) is 2. The number of nitrogens with zero attached hydrogens (tertiary/aromatic N) is 2. The quantitative estimate of drug-likeness (QED) is 0.427. The van der Waals surface area contributed by atoms with Crippen molar-refractivity contribution in [2.75, 3.05) is 20.3 Å². The van der Waals surface area contributed by atoms with Crippen molar-refractivity contribution < 1.29 is 23.8 Å². The van der Waals surface area contributed by atoms with Gasteiger partial charge in [-0.05, 0) is 62.1 Å². The highest BCUT2D eigenvalue weighted by Gasteiger charge is 2.14. The van der Waals surface area contributed by atoms with Crippen LogP contribution < -0.4 is 4.74 Å². The van der Waals surface area contributed by atoms with Crippen molar-refractivity contribution in [3.8, 4) is 17.1 Å². The normalized spacial score (nSPS) is 11.1. The van der Waals surface area contributed by atoms with Gasteiger partial charge in [-0.2, -0.15) is 0 Å². The topological polar surface area (TPSA) is 73.6 Å². The molecule has 6 nitrogen and oxygen atoms in total. The lowest BCUT2D eigenvalue weighted by Gasteiger charge is -2.10. The first-order valence-electron chi connectivity index (χ1n) is 10.2. The molecule has 0 aliphatic carbocycles. The molecule has 30 heavy (non-hydrogen) atoms. The summed E-state index contributed by atoms with van der Waals surface area (Å²) in [5, 5.41) is 8.68. The molecule has 2 aromatic carbocycles. The summed E-state index contributed by atoms with van der Waals surface area (Å²) in [5.74, 6) is 0.492. The van der Waals surface area contributed by atoms with Gasteiger partial charge in [-0.1, -0.05) is 0 Å². The van der Waals surface area contributed by atoms with Gasteiger partial charge < -0.3 is 19.1 Å². The van der Waals surface area contributed by atoms with Gasteiger partial charge in [0.25, 0.3) is 0 Å². The predicted octanol–water partition coefficient (Wildman–Crippen LogP) is 4.90. The largest absolute Gasteiger partial charge is 0.494 e. The number of fused-ring (bicyclic) bond motifs is 1. The molecule has 0 atom stereocenters. The number of carboxylic acid groups (broad SMARTS) is 1. The molecule has 0 aliphatic rings. The fourth-order valence-corrected chi connectivity index (χ4v) is 3.35. The molecule has 0 aliphatic heterocycles. The maximum Gasteiger partial charge on any atom is 0.303 e. The third-order valence-electron chi connectivity index (χ3n) is 4.86. The number of carbonyl (C=O) groups is 1. The molecule has 0 amide bonds. The van der Waals surface area contributed by atoms with Crippen LogP contribution in [0.3, 0.4) is 0 Å². The van der Waals surface area contributed by atoms with E-state index in [4.69, 9.17) is 19.6 Å². The lowest BCUT2D eigenvalue weighted by atomic mass is 10.2. The summed E-state index contributed by atoms with van der Waals surface area (Å²) in [6.45, 7) is 1.89. The number of hydrogen-bond donors (Lipinski definition) is 1. The van der Waals surface area contributed by atoms with Gasteiger partial charge in [-0.25, -0.2) is 9.37 Å². The number of aryl methyl sites for hydroxylation is 1. The van der Waals surface area contributed by atoms with Crippen LogP contribution in [0.15, 0.2) is 42.5 Å². The Bertz CT molecular complexity index is 969. The van der Waals surface area contributed by atoms with E-state index < -0.39 is 5.97 Å². The highest BCUT2D eigenvalue weighted by molar-refractivity contribution is 5.82. The summed E-state index contributed by atoms with van der Waals surface area (Å²) in [4.78, 5) is 15.3. The number of hydrogen-bond acceptors (Lipinski definition) is 4. The van der Waals surface area contributed by atoms with Gasteiger partial charge in [0.15, 0.2) is 0 Å². The second-order valence-corrected chi connectivity index (χ2v) is 7.14. The van der Waals surface area contributed by atoms with Gasteiger partial charge in [0, 0.05) is 38.3 Å². The fourth-order valence-electron chi connectivity index (χ4n) is 3.35. The standard InChI is InChI=1S/C23H27FN2O4/c1-29-14-5-13-26-21-16-19(30-15-4-2-3-6-22(27)28)11-12-20(21)25-23(26)17-7-9-18(24)10-8-17/h7-12,16H,2-6,13-15H2,1H3,(H,27,28). The molecule has 0 bridgehead atoms. The number of carboxylic acids is 1. The van der Waals surface area contributed by atoms with Crippen LogP contribution in [0.25, 0.3) is 22.4 Å². The van der Waals surface area contributed by atoms with Crippen LogP contribution in [0.5, 0.6) is 5.75 Å². The van der Waals surface area contributed by atoms with Crippen molar-refractivity contribution in [3.63, 3.8) is 0 Å². The molecule has 0 radical (unpaired) electrons. The predicted molar refractivity (Wildman–Crippen MR) is 113 cm³/mol. The summed E-state index contributed by atoms with van der Waals surface area (Å²) >= 11 is 0. The van der Waals surface area contributed by atoms with Crippen LogP contribution in [0.2, 0.25) is 0 Å². The first-order valence-corrected chi connectivity index (χ1v) is 10.2. The van der Waals surface area contributed by atoms with E-state index in [0.717, 1.165) is 54.0 Å². The third kappa shape index (κ3) is 5.79. The second-order valence-electron chi connectivity index (χ2n) is 7.14. The van der Waals surface area contributed by atoms with E-state index in [-0.39, 0.29) is 12.2 Å². The Kier molecular flexibility index (Phi) is 7.79. The molecule has 3 aromatic rings. The van der Waals surface area contributed by atoms with Gasteiger partial charge in [0.2, 0.25) is 0 Å². The van der Waals surface area contributed by atoms with Crippen molar-refractivity contribution in [1.82, 2.24) is 9.55 Å². The van der Waals surface area contributed by atoms with Crippen LogP contribution in [-0.2, 0) is 16.1 Å². The van der Waals surface area contributed by atoms with Gasteiger partial charge in [0.05, 0.1) is 17.6 Å². The minimum absolute atomic E-state index is 0.193. The molecule has 0 spiro atoms. The lowest BCUT2D eigenvalue weighted by Crippen LogP contribution is -2.04. The smallest absolute Gasteiger partial charge is 0.303 e. The van der Waals surface area contributed by atoms with E-state index in [2.05, 4.69) is 4.57 Å². The first kappa shape index (κ1) is 21.8. The zero-order chi connectivity index (χ0) is 21.3. The van der Waals surface area contributed by atoms with Crippen molar-refractivity contribution >= 4 is 17.0 Å². The molecular formula is C23H27FN2O4. The minimum Gasteiger partial charge on any atom is -0.494 e. The summed E-state index contributed by atoms with van der Waals surface area (Å²) in [5.41, 5.74) is 2.65. The molecule has 0 unspecified atom stereocenters. The minimum atomic E-state index is -0.764. The number of ether oxygens (including phenoxy) is 2. The number of imidazole rings is 1. The maximum absolute atomic E-state index is 13.4. The molecule has 7 heteroatoms. The molecule has 0 fully saturated rings. The van der Waals surface area contributed by atoms with E-state index in [1.165, 1.54) is 12.1 Å². The Balaban J connectivity index is 1.77. The zero-order valence-electron chi connectivity index (χ0n) is 17.1. The van der Waals surface area contributed by atoms with Crippen LogP contribution >= 0.6 is 0 Å². The van der Waals surface area contributed by atoms with Crippen molar-refractivity contribution in [2.24, 2.45) is 0 Å². The summed E-state index contributed by atoms with van der Waals surface area (Å²) in [6, 6.07) is 12.1. The van der Waals surface area contributed by atoms with E-state index in [9.17, 15) is 9.18 Å². The lowest BCUT2D eigenvalue weighted by molar-refractivity contribution is -0.137. The Labute approximate surface area is 175 Å². The molecule has 0 saturated carbocycles. The fraction of sp³-hybridized carbons (Fsp3) is 0.391. The van der Waals surface area contributed by atoms with Crippen molar-refractivity contribution in [1.29, 1.82) is 0 Å². The molecular weight excluding hydrogens is 387 g/mol. The molecule has 1 N–H and O–H groups in total. The number of aliphatic carboxylic acids is 1. The molecule has 0 saturated heterocycles. The molecule has 3 rings (SSSR count). The summed E-state index contributed by atoms with van der Waals surface area (Å²) in [6.07, 6.45) is 3.30. The number of halogens is 1. The maximum atomic E-state index is 13.4. The van der Waals surface area contributed by atoms with Gasteiger partial charge in [-0.3, -0.25) is 4.79 Å². The third-order valence-corrected chi connectivity index (χ3v) is 4.86. The molecule has 160 valence electrons. The van der Waals surface area contributed by atoms with Crippen LogP contribution in [-0.4, -0.2) is 41.0 Å². The Hall–Kier alpha value is -2.93. The van der Waals surface area contributed by atoms with E-state index in [1.54, 1.807) is 19.2 Å². The average molecular weight is 414 g/mol. The van der Waals surface area contributed by atoms with Gasteiger partial charge in [0.1, 0.15) is 17.4 Å². The Morgan fingerprint density at radius 1 is 1.07 bits per heavy atom. The summed E-state index contributed by atoms with van der Waals surface area (Å²) < 4.78 is 26.5. The van der Waals surface area contributed by atoms with Crippen LogP contribution in [0, 0.1) is 5.82 Å². The first-order chi connectivity index (χ1) is 14.6. The second kappa shape index (κ2) is 10.7. The van der Waals surface area contributed by atoms with Crippen LogP contribution in [0.1, 0.15) is 32.1 Å². The number of methoxy groups -OCH3 is 1. The van der Waals surface area contributed by atoms with E-state index in [0.29, 0.717) is 19.6 Å². The Morgan fingerprint density at radius 3 is 2.60 bits per heavy atom. The van der Waals surface area contributed by atoms with E-state index >= 15 is 0 Å². The number of benzene rings is 2. The highest BCUT2D eigenvalue weighted by atomic mass is 19.1. The number of rotatable bonds is 12. The molecule has 1 heterocycles. The van der Waals surface area contributed by atoms with Crippen LogP contribution in [0.4, 0.5) is 4.39 Å². The average Bonchev–Trinajstić information content (AvgIpc) is 3.09. The van der Waals surface area contributed by atoms with Crippen molar-refractivity contribution in [2.45, 2.75) is 38.6 Å². The summed E-state index contributed by atoms with van der Waals surface area (Å²) in [7, 11) is 1.68. The van der Waals surface area contributed by atoms with Crippen molar-refractivity contribution in [3.05, 3.63) is 48.3 Å². The zero-order valence-corrected chi connectivity index (χ0v) is 17.1. The van der Waals surface area contributed by atoms with Gasteiger partial charge in [-0.15, -0.1) is 0 Å².